The molecule has 1 aliphatic heterocycles. The van der Waals surface area contributed by atoms with Gasteiger partial charge in [0.1, 0.15) is 12.4 Å². The summed E-state index contributed by atoms with van der Waals surface area (Å²) in [6, 6.07) is 5.74. The molecule has 1 aliphatic rings. The summed E-state index contributed by atoms with van der Waals surface area (Å²) in [7, 11) is 0. The largest absolute Gasteiger partial charge is 0.489 e. The lowest BCUT2D eigenvalue weighted by atomic mass is 10.1. The Morgan fingerprint density at radius 3 is 3.11 bits per heavy atom. The van der Waals surface area contributed by atoms with Gasteiger partial charge in [0, 0.05) is 4.47 Å². The fraction of sp³-hybridized carbons (Fsp3) is 0.417. The average molecular weight is 337 g/mol. The van der Waals surface area contributed by atoms with Gasteiger partial charge in [0.2, 0.25) is 0 Å². The number of ether oxygens (including phenoxy) is 2. The minimum Gasteiger partial charge on any atom is -0.489 e. The molecule has 0 aromatic heterocycles. The molecule has 0 aliphatic carbocycles. The van der Waals surface area contributed by atoms with Gasteiger partial charge in [-0.15, -0.1) is 12.4 Å². The van der Waals surface area contributed by atoms with E-state index in [0.717, 1.165) is 15.9 Å². The van der Waals surface area contributed by atoms with Gasteiger partial charge in [0.05, 0.1) is 24.8 Å². The van der Waals surface area contributed by atoms with Crippen LogP contribution in [0.5, 0.6) is 5.75 Å². The molecule has 1 unspecified atom stereocenters. The van der Waals surface area contributed by atoms with Gasteiger partial charge in [0.25, 0.3) is 0 Å². The predicted octanol–water partition coefficient (Wildman–Crippen LogP) is 3.00. The normalized spacial score (nSPS) is 16.7. The molecule has 1 N–H and O–H groups in total. The fourth-order valence-electron chi connectivity index (χ4n) is 1.72. The highest BCUT2D eigenvalue weighted by molar-refractivity contribution is 9.10. The third-order valence-electron chi connectivity index (χ3n) is 2.46. The maximum Gasteiger partial charge on any atom is 0.307 e. The number of benzene rings is 1. The number of esters is 1. The van der Waals surface area contributed by atoms with Gasteiger partial charge in [-0.1, -0.05) is 15.9 Å². The predicted molar refractivity (Wildman–Crippen MR) is 75.5 cm³/mol. The number of halogens is 2. The first-order valence-corrected chi connectivity index (χ1v) is 6.33. The van der Waals surface area contributed by atoms with Crippen LogP contribution in [0.2, 0.25) is 0 Å². The fourth-order valence-corrected chi connectivity index (χ4v) is 2.06. The summed E-state index contributed by atoms with van der Waals surface area (Å²) < 4.78 is 11.5. The summed E-state index contributed by atoms with van der Waals surface area (Å²) in [4.78, 5) is 11.4. The number of hydrogen-bond acceptors (Lipinski definition) is 4. The van der Waals surface area contributed by atoms with Crippen LogP contribution < -0.4 is 10.1 Å². The van der Waals surface area contributed by atoms with Gasteiger partial charge in [0.15, 0.2) is 0 Å². The zero-order valence-corrected chi connectivity index (χ0v) is 12.3. The summed E-state index contributed by atoms with van der Waals surface area (Å²) >= 11 is 3.38. The third-order valence-corrected chi connectivity index (χ3v) is 2.95. The van der Waals surface area contributed by atoms with Crippen molar-refractivity contribution in [2.45, 2.75) is 19.4 Å². The summed E-state index contributed by atoms with van der Waals surface area (Å²) in [6.07, 6.45) is 0.323. The lowest BCUT2D eigenvalue weighted by Crippen LogP contribution is -2.33. The van der Waals surface area contributed by atoms with Gasteiger partial charge in [-0.3, -0.25) is 4.79 Å². The summed E-state index contributed by atoms with van der Waals surface area (Å²) in [6.45, 7) is 2.69. The summed E-state index contributed by atoms with van der Waals surface area (Å²) in [5, 5.41) is 3.27. The second kappa shape index (κ2) is 6.85. The first-order valence-electron chi connectivity index (χ1n) is 5.53. The molecule has 0 bridgehead atoms. The molecule has 100 valence electrons. The minimum absolute atomic E-state index is 0. The van der Waals surface area contributed by atoms with Crippen LogP contribution in [-0.4, -0.2) is 25.2 Å². The van der Waals surface area contributed by atoms with Gasteiger partial charge in [-0.2, -0.15) is 0 Å². The molecule has 0 amide bonds. The number of hydrogen-bond donors (Lipinski definition) is 1. The van der Waals surface area contributed by atoms with Gasteiger partial charge in [-0.25, -0.2) is 0 Å². The molecular weight excluding hydrogens is 321 g/mol. The van der Waals surface area contributed by atoms with Gasteiger partial charge < -0.3 is 14.8 Å². The topological polar surface area (TPSA) is 47.6 Å². The quantitative estimate of drug-likeness (QED) is 0.862. The monoisotopic (exact) mass is 335 g/mol. The maximum absolute atomic E-state index is 11.4. The van der Waals surface area contributed by atoms with E-state index in [0.29, 0.717) is 19.6 Å². The van der Waals surface area contributed by atoms with E-state index in [-0.39, 0.29) is 24.4 Å². The van der Waals surface area contributed by atoms with Crippen molar-refractivity contribution in [1.29, 1.82) is 0 Å². The van der Waals surface area contributed by atoms with E-state index in [2.05, 4.69) is 21.2 Å². The molecule has 1 heterocycles. The van der Waals surface area contributed by atoms with Gasteiger partial charge in [-0.05, 0) is 25.1 Å². The molecular formula is C12H15BrClNO3. The lowest BCUT2D eigenvalue weighted by Gasteiger charge is -2.26. The van der Waals surface area contributed by atoms with Crippen LogP contribution in [0.3, 0.4) is 0 Å². The molecule has 0 fully saturated rings. The van der Waals surface area contributed by atoms with Gasteiger partial charge >= 0.3 is 5.97 Å². The van der Waals surface area contributed by atoms with E-state index in [1.54, 1.807) is 6.92 Å². The molecule has 1 aromatic rings. The highest BCUT2D eigenvalue weighted by Gasteiger charge is 2.21. The highest BCUT2D eigenvalue weighted by atomic mass is 79.9. The SMILES string of the molecule is CCOC(=O)CC1COc2cc(Br)ccc2N1.Cl. The van der Waals surface area contributed by atoms with Crippen molar-refractivity contribution >= 4 is 40.0 Å². The van der Waals surface area contributed by atoms with E-state index < -0.39 is 0 Å². The molecule has 0 radical (unpaired) electrons. The average Bonchev–Trinajstić information content (AvgIpc) is 2.29. The molecule has 0 saturated heterocycles. The van der Waals surface area contributed by atoms with Crippen molar-refractivity contribution in [3.8, 4) is 5.75 Å². The van der Waals surface area contributed by atoms with Crippen LogP contribution in [0.1, 0.15) is 13.3 Å². The van der Waals surface area contributed by atoms with Crippen LogP contribution in [0, 0.1) is 0 Å². The molecule has 4 nitrogen and oxygen atoms in total. The van der Waals surface area contributed by atoms with Crippen molar-refractivity contribution < 1.29 is 14.3 Å². The Balaban J connectivity index is 0.00000162. The van der Waals surface area contributed by atoms with Crippen LogP contribution in [0.15, 0.2) is 22.7 Å². The van der Waals surface area contributed by atoms with Crippen molar-refractivity contribution in [1.82, 2.24) is 0 Å². The van der Waals surface area contributed by atoms with E-state index in [4.69, 9.17) is 9.47 Å². The first kappa shape index (κ1) is 15.1. The van der Waals surface area contributed by atoms with Crippen molar-refractivity contribution in [2.24, 2.45) is 0 Å². The third kappa shape index (κ3) is 3.78. The smallest absolute Gasteiger partial charge is 0.307 e. The zero-order valence-electron chi connectivity index (χ0n) is 9.94. The minimum atomic E-state index is -0.200. The standard InChI is InChI=1S/C12H14BrNO3.ClH/c1-2-16-12(15)6-9-7-17-11-5-8(13)3-4-10(11)14-9;/h3-5,9,14H,2,6-7H2,1H3;1H. The molecule has 1 atom stereocenters. The number of nitrogens with one attached hydrogen (secondary N) is 1. The highest BCUT2D eigenvalue weighted by Crippen LogP contribution is 2.32. The van der Waals surface area contributed by atoms with Crippen molar-refractivity contribution in [2.75, 3.05) is 18.5 Å². The summed E-state index contributed by atoms with van der Waals surface area (Å²) in [5.41, 5.74) is 0.911. The van der Waals surface area contributed by atoms with Crippen LogP contribution in [0.4, 0.5) is 5.69 Å². The first-order chi connectivity index (χ1) is 8.19. The summed E-state index contributed by atoms with van der Waals surface area (Å²) in [5.74, 6) is 0.605. The Morgan fingerprint density at radius 2 is 2.39 bits per heavy atom. The number of rotatable bonds is 3. The molecule has 18 heavy (non-hydrogen) atoms. The van der Waals surface area contributed by atoms with E-state index in [9.17, 15) is 4.79 Å². The maximum atomic E-state index is 11.4. The van der Waals surface area contributed by atoms with E-state index >= 15 is 0 Å². The molecule has 2 rings (SSSR count). The van der Waals surface area contributed by atoms with Crippen molar-refractivity contribution in [3.63, 3.8) is 0 Å². The number of carbonyl (C=O) groups is 1. The Kier molecular flexibility index (Phi) is 5.75. The molecule has 0 spiro atoms. The van der Waals surface area contributed by atoms with Crippen LogP contribution in [0.25, 0.3) is 0 Å². The molecule has 0 saturated carbocycles. The zero-order chi connectivity index (χ0) is 12.3. The molecule has 6 heteroatoms. The Bertz CT molecular complexity index is 428. The van der Waals surface area contributed by atoms with Crippen molar-refractivity contribution in [3.05, 3.63) is 22.7 Å². The Labute approximate surface area is 121 Å². The number of anilines is 1. The molecule has 1 aromatic carbocycles. The number of carbonyl (C=O) groups excluding carboxylic acids is 1. The Morgan fingerprint density at radius 1 is 1.61 bits per heavy atom. The van der Waals surface area contributed by atoms with Crippen LogP contribution in [-0.2, 0) is 9.53 Å². The van der Waals surface area contributed by atoms with E-state index in [1.165, 1.54) is 0 Å². The second-order valence-corrected chi connectivity index (χ2v) is 4.72. The second-order valence-electron chi connectivity index (χ2n) is 3.80. The Hall–Kier alpha value is -0.940. The lowest BCUT2D eigenvalue weighted by molar-refractivity contribution is -0.143. The number of fused-ring (bicyclic) bond motifs is 1. The van der Waals surface area contributed by atoms with E-state index in [1.807, 2.05) is 18.2 Å². The van der Waals surface area contributed by atoms with Crippen LogP contribution >= 0.6 is 28.3 Å².